The van der Waals surface area contributed by atoms with Crippen molar-refractivity contribution in [3.05, 3.63) is 41.2 Å². The smallest absolute Gasteiger partial charge is 0.262 e. The number of likely N-dealkylation sites (tertiary alicyclic amines) is 1. The number of hydrogen-bond donors (Lipinski definition) is 1. The molecule has 0 bridgehead atoms. The third-order valence-electron chi connectivity index (χ3n) is 10.7. The molecule has 44 heavy (non-hydrogen) atoms. The summed E-state index contributed by atoms with van der Waals surface area (Å²) in [5, 5.41) is 14.0. The molecule has 9 nitrogen and oxygen atoms in total. The SMILES string of the molecule is C=CC(=O)N1CC2(CC(n3nc(N4CCN(C5CCOCC5)C[C@@]4(C)C(F)F)c(-c4c(Cl)c(C)cc5[nH]ncc45)c3C)C2)C1. The van der Waals surface area contributed by atoms with Gasteiger partial charge in [0.05, 0.1) is 22.8 Å². The highest BCUT2D eigenvalue weighted by Gasteiger charge is 2.55. The Labute approximate surface area is 261 Å². The number of aryl methyl sites for hydroxylation is 1. The number of rotatable bonds is 6. The van der Waals surface area contributed by atoms with E-state index in [9.17, 15) is 4.79 Å². The van der Waals surface area contributed by atoms with Gasteiger partial charge in [0, 0.05) is 79.6 Å². The molecule has 0 radical (unpaired) electrons. The fraction of sp³-hybridized carbons (Fsp3) is 0.594. The topological polar surface area (TPSA) is 82.5 Å². The van der Waals surface area contributed by atoms with E-state index in [1.165, 1.54) is 6.08 Å². The maximum atomic E-state index is 15.3. The molecule has 1 spiro atoms. The molecule has 1 atom stereocenters. The van der Waals surface area contributed by atoms with Gasteiger partial charge in [-0.25, -0.2) is 8.78 Å². The highest BCUT2D eigenvalue weighted by Crippen LogP contribution is 2.56. The van der Waals surface area contributed by atoms with Crippen LogP contribution in [0.2, 0.25) is 5.02 Å². The predicted molar refractivity (Wildman–Crippen MR) is 166 cm³/mol. The molecule has 236 valence electrons. The van der Waals surface area contributed by atoms with Crippen LogP contribution in [0.4, 0.5) is 14.6 Å². The van der Waals surface area contributed by atoms with Crippen molar-refractivity contribution in [1.82, 2.24) is 29.8 Å². The average molecular weight is 628 g/mol. The molecule has 3 aromatic rings. The van der Waals surface area contributed by atoms with Gasteiger partial charge in [0.15, 0.2) is 5.82 Å². The molecule has 3 saturated heterocycles. The molecule has 1 N–H and O–H groups in total. The van der Waals surface area contributed by atoms with Crippen LogP contribution in [-0.4, -0.2) is 99.6 Å². The summed E-state index contributed by atoms with van der Waals surface area (Å²) in [4.78, 5) is 18.0. The number of anilines is 1. The number of carbonyl (C=O) groups is 1. The first-order valence-electron chi connectivity index (χ1n) is 15.6. The molecule has 4 fully saturated rings. The standard InChI is InChI=1S/C32H40ClF2N7O2/c1-5-25(43)40-17-32(18-40)13-22(14-32)42-20(3)26(27-23-15-36-37-24(23)12-19(2)28(27)33)29(38-42)41-9-8-39(16-31(41,4)30(34)35)21-6-10-44-11-7-21/h5,12,15,21-22,30H,1,6-11,13-14,16-18H2,2-4H3,(H,36,37)/t31-/m0/s1. The van der Waals surface area contributed by atoms with Crippen LogP contribution in [0.25, 0.3) is 22.0 Å². The molecule has 5 heterocycles. The van der Waals surface area contributed by atoms with E-state index in [0.717, 1.165) is 59.0 Å². The van der Waals surface area contributed by atoms with Crippen molar-refractivity contribution >= 4 is 34.2 Å². The van der Waals surface area contributed by atoms with Crippen LogP contribution in [0.1, 0.15) is 49.9 Å². The highest BCUT2D eigenvalue weighted by atomic mass is 35.5. The Morgan fingerprint density at radius 1 is 1.16 bits per heavy atom. The zero-order valence-corrected chi connectivity index (χ0v) is 26.3. The number of H-pyrrole nitrogens is 1. The number of piperazine rings is 1. The van der Waals surface area contributed by atoms with Crippen molar-refractivity contribution in [3.8, 4) is 11.1 Å². The Bertz CT molecular complexity index is 1600. The van der Waals surface area contributed by atoms with E-state index >= 15 is 8.78 Å². The molecule has 2 aromatic heterocycles. The summed E-state index contributed by atoms with van der Waals surface area (Å²) >= 11 is 7.07. The Hall–Kier alpha value is -3.02. The number of carbonyl (C=O) groups excluding carboxylic acids is 1. The lowest BCUT2D eigenvalue weighted by Crippen LogP contribution is -2.66. The number of alkyl halides is 2. The van der Waals surface area contributed by atoms with Crippen molar-refractivity contribution in [2.75, 3.05) is 50.8 Å². The molecular formula is C32H40ClF2N7O2. The van der Waals surface area contributed by atoms with Gasteiger partial charge in [-0.15, -0.1) is 0 Å². The summed E-state index contributed by atoms with van der Waals surface area (Å²) in [6.07, 6.45) is 3.99. The van der Waals surface area contributed by atoms with E-state index in [1.807, 2.05) is 34.4 Å². The number of nitrogens with zero attached hydrogens (tertiary/aromatic N) is 6. The van der Waals surface area contributed by atoms with Crippen molar-refractivity contribution < 1.29 is 18.3 Å². The maximum absolute atomic E-state index is 15.3. The van der Waals surface area contributed by atoms with E-state index in [0.29, 0.717) is 50.2 Å². The van der Waals surface area contributed by atoms with E-state index in [-0.39, 0.29) is 30.0 Å². The summed E-state index contributed by atoms with van der Waals surface area (Å²) in [6.45, 7) is 13.3. The van der Waals surface area contributed by atoms with Crippen LogP contribution in [0.5, 0.6) is 0 Å². The van der Waals surface area contributed by atoms with Gasteiger partial charge in [-0.1, -0.05) is 18.2 Å². The Kier molecular flexibility index (Phi) is 7.29. The quantitative estimate of drug-likeness (QED) is 0.370. The van der Waals surface area contributed by atoms with Crippen LogP contribution in [0.15, 0.2) is 24.9 Å². The second-order valence-electron chi connectivity index (χ2n) is 13.5. The normalized spacial score (nSPS) is 24.7. The molecule has 0 unspecified atom stereocenters. The predicted octanol–water partition coefficient (Wildman–Crippen LogP) is 5.37. The van der Waals surface area contributed by atoms with Gasteiger partial charge in [-0.2, -0.15) is 10.2 Å². The zero-order chi connectivity index (χ0) is 31.0. The summed E-state index contributed by atoms with van der Waals surface area (Å²) in [5.74, 6) is 0.508. The second kappa shape index (κ2) is 10.8. The fourth-order valence-corrected chi connectivity index (χ4v) is 8.41. The number of halogens is 3. The third kappa shape index (κ3) is 4.57. The number of fused-ring (bicyclic) bond motifs is 1. The lowest BCUT2D eigenvalue weighted by molar-refractivity contribution is -0.149. The summed E-state index contributed by atoms with van der Waals surface area (Å²) in [7, 11) is 0. The molecule has 7 rings (SSSR count). The third-order valence-corrected chi connectivity index (χ3v) is 11.1. The van der Waals surface area contributed by atoms with Gasteiger partial charge < -0.3 is 14.5 Å². The van der Waals surface area contributed by atoms with Gasteiger partial charge in [-0.3, -0.25) is 19.5 Å². The van der Waals surface area contributed by atoms with E-state index in [1.54, 1.807) is 13.1 Å². The molecule has 1 amide bonds. The molecule has 1 saturated carbocycles. The first-order chi connectivity index (χ1) is 21.0. The van der Waals surface area contributed by atoms with Gasteiger partial charge in [0.25, 0.3) is 6.43 Å². The van der Waals surface area contributed by atoms with E-state index in [2.05, 4.69) is 21.7 Å². The van der Waals surface area contributed by atoms with Crippen LogP contribution in [-0.2, 0) is 9.53 Å². The Morgan fingerprint density at radius 3 is 2.57 bits per heavy atom. The van der Waals surface area contributed by atoms with Crippen molar-refractivity contribution in [2.45, 2.75) is 70.5 Å². The van der Waals surface area contributed by atoms with Crippen molar-refractivity contribution in [2.24, 2.45) is 5.41 Å². The molecule has 3 aliphatic heterocycles. The van der Waals surface area contributed by atoms with Gasteiger partial charge in [-0.05, 0) is 64.2 Å². The highest BCUT2D eigenvalue weighted by molar-refractivity contribution is 6.36. The van der Waals surface area contributed by atoms with E-state index < -0.39 is 12.0 Å². The zero-order valence-electron chi connectivity index (χ0n) is 25.6. The summed E-state index contributed by atoms with van der Waals surface area (Å²) < 4.78 is 38.2. The number of nitrogens with one attached hydrogen (secondary N) is 1. The Balaban J connectivity index is 1.30. The van der Waals surface area contributed by atoms with Gasteiger partial charge >= 0.3 is 0 Å². The minimum atomic E-state index is -2.60. The van der Waals surface area contributed by atoms with Crippen LogP contribution >= 0.6 is 11.6 Å². The average Bonchev–Trinajstić information content (AvgIpc) is 3.56. The number of amides is 1. The lowest BCUT2D eigenvalue weighted by atomic mass is 9.60. The number of ether oxygens (including phenoxy) is 1. The minimum Gasteiger partial charge on any atom is -0.381 e. The van der Waals surface area contributed by atoms with Crippen LogP contribution in [0.3, 0.4) is 0 Å². The maximum Gasteiger partial charge on any atom is 0.262 e. The number of hydrogen-bond acceptors (Lipinski definition) is 6. The minimum absolute atomic E-state index is 0.0386. The lowest BCUT2D eigenvalue weighted by Gasteiger charge is -2.58. The molecular weight excluding hydrogens is 588 g/mol. The molecule has 12 heteroatoms. The molecule has 4 aliphatic rings. The number of aromatic amines is 1. The largest absolute Gasteiger partial charge is 0.381 e. The second-order valence-corrected chi connectivity index (χ2v) is 13.9. The summed E-state index contributed by atoms with van der Waals surface area (Å²) in [5.41, 5.74) is 2.80. The Morgan fingerprint density at radius 2 is 1.89 bits per heavy atom. The van der Waals surface area contributed by atoms with E-state index in [4.69, 9.17) is 21.4 Å². The first-order valence-corrected chi connectivity index (χ1v) is 15.9. The van der Waals surface area contributed by atoms with Crippen LogP contribution < -0.4 is 4.90 Å². The van der Waals surface area contributed by atoms with Crippen LogP contribution in [0, 0.1) is 19.3 Å². The monoisotopic (exact) mass is 627 g/mol. The van der Waals surface area contributed by atoms with Gasteiger partial charge in [0.1, 0.15) is 5.54 Å². The fourth-order valence-electron chi connectivity index (χ4n) is 8.16. The number of benzene rings is 1. The molecule has 1 aliphatic carbocycles. The summed E-state index contributed by atoms with van der Waals surface area (Å²) in [6, 6.07) is 2.31. The first kappa shape index (κ1) is 29.7. The molecule has 1 aromatic carbocycles. The van der Waals surface area contributed by atoms with Crippen molar-refractivity contribution in [3.63, 3.8) is 0 Å². The van der Waals surface area contributed by atoms with Gasteiger partial charge in [0.2, 0.25) is 5.91 Å². The number of aromatic nitrogens is 4. The van der Waals surface area contributed by atoms with Crippen molar-refractivity contribution in [1.29, 1.82) is 0 Å².